The number of aliphatic hydroxyl groups is 1. The standard InChI is InChI=1S/C13H14N2O2/c1-15-8-7-11(14-15)9-12(16)13(17)10-5-3-2-4-6-10/h2-8,13,17H,9H2,1H3. The first-order valence-electron chi connectivity index (χ1n) is 5.41. The Hall–Kier alpha value is -1.94. The number of hydrogen-bond donors (Lipinski definition) is 1. The van der Waals surface area contributed by atoms with Crippen LogP contribution in [0.5, 0.6) is 0 Å². The van der Waals surface area contributed by atoms with Crippen LogP contribution in [-0.4, -0.2) is 20.7 Å². The number of carbonyl (C=O) groups excluding carboxylic acids is 1. The number of Topliss-reactive ketones (excluding diaryl/α,β-unsaturated/α-hetero) is 1. The third kappa shape index (κ3) is 2.79. The summed E-state index contributed by atoms with van der Waals surface area (Å²) in [4.78, 5) is 11.8. The summed E-state index contributed by atoms with van der Waals surface area (Å²) in [5, 5.41) is 14.0. The van der Waals surface area contributed by atoms with Gasteiger partial charge in [-0.3, -0.25) is 9.48 Å². The molecule has 0 saturated carbocycles. The third-order valence-electron chi connectivity index (χ3n) is 2.54. The molecule has 1 aromatic heterocycles. The van der Waals surface area contributed by atoms with Crippen LogP contribution >= 0.6 is 0 Å². The molecular weight excluding hydrogens is 216 g/mol. The number of hydrogen-bond acceptors (Lipinski definition) is 3. The van der Waals surface area contributed by atoms with Crippen LogP contribution in [0.25, 0.3) is 0 Å². The van der Waals surface area contributed by atoms with Crippen LogP contribution in [-0.2, 0) is 18.3 Å². The van der Waals surface area contributed by atoms with Crippen molar-refractivity contribution < 1.29 is 9.90 Å². The van der Waals surface area contributed by atoms with Gasteiger partial charge in [0.15, 0.2) is 5.78 Å². The summed E-state index contributed by atoms with van der Waals surface area (Å²) in [7, 11) is 1.79. The zero-order valence-corrected chi connectivity index (χ0v) is 9.58. The zero-order chi connectivity index (χ0) is 12.3. The second-order valence-electron chi connectivity index (χ2n) is 3.94. The van der Waals surface area contributed by atoms with Crippen molar-refractivity contribution >= 4 is 5.78 Å². The van der Waals surface area contributed by atoms with Gasteiger partial charge in [0.05, 0.1) is 12.1 Å². The normalized spacial score (nSPS) is 12.4. The van der Waals surface area contributed by atoms with Crippen molar-refractivity contribution in [1.82, 2.24) is 9.78 Å². The predicted molar refractivity (Wildman–Crippen MR) is 63.3 cm³/mol. The zero-order valence-electron chi connectivity index (χ0n) is 9.58. The predicted octanol–water partition coefficient (Wildman–Crippen LogP) is 1.27. The molecule has 0 fully saturated rings. The molecule has 0 aliphatic carbocycles. The molecule has 1 aromatic carbocycles. The van der Waals surface area contributed by atoms with Crippen LogP contribution in [0.15, 0.2) is 42.6 Å². The highest BCUT2D eigenvalue weighted by Gasteiger charge is 2.18. The second-order valence-corrected chi connectivity index (χ2v) is 3.94. The summed E-state index contributed by atoms with van der Waals surface area (Å²) in [6, 6.07) is 10.7. The van der Waals surface area contributed by atoms with Crippen molar-refractivity contribution in [1.29, 1.82) is 0 Å². The molecule has 2 aromatic rings. The highest BCUT2D eigenvalue weighted by atomic mass is 16.3. The average Bonchev–Trinajstić information content (AvgIpc) is 2.75. The fourth-order valence-electron chi connectivity index (χ4n) is 1.65. The number of carbonyl (C=O) groups is 1. The smallest absolute Gasteiger partial charge is 0.171 e. The van der Waals surface area contributed by atoms with E-state index in [2.05, 4.69) is 5.10 Å². The van der Waals surface area contributed by atoms with Crippen LogP contribution in [0, 0.1) is 0 Å². The highest BCUT2D eigenvalue weighted by molar-refractivity contribution is 5.85. The summed E-state index contributed by atoms with van der Waals surface area (Å²) in [5.41, 5.74) is 1.29. The molecule has 1 unspecified atom stereocenters. The van der Waals surface area contributed by atoms with Gasteiger partial charge in [-0.25, -0.2) is 0 Å². The molecule has 0 spiro atoms. The van der Waals surface area contributed by atoms with E-state index >= 15 is 0 Å². The van der Waals surface area contributed by atoms with E-state index < -0.39 is 6.10 Å². The molecule has 1 N–H and O–H groups in total. The minimum atomic E-state index is -1.07. The first-order chi connectivity index (χ1) is 8.16. The first kappa shape index (κ1) is 11.5. The molecule has 0 saturated heterocycles. The molecule has 4 heteroatoms. The molecule has 0 amide bonds. The Morgan fingerprint density at radius 1 is 1.35 bits per heavy atom. The second kappa shape index (κ2) is 4.93. The Morgan fingerprint density at radius 3 is 2.65 bits per heavy atom. The van der Waals surface area contributed by atoms with E-state index in [0.717, 1.165) is 0 Å². The number of aliphatic hydroxyl groups excluding tert-OH is 1. The lowest BCUT2D eigenvalue weighted by molar-refractivity contribution is -0.126. The van der Waals surface area contributed by atoms with Gasteiger partial charge in [0.2, 0.25) is 0 Å². The van der Waals surface area contributed by atoms with Gasteiger partial charge in [-0.05, 0) is 11.6 Å². The lowest BCUT2D eigenvalue weighted by Gasteiger charge is -2.08. The maximum atomic E-state index is 11.8. The van der Waals surface area contributed by atoms with Crippen molar-refractivity contribution in [2.75, 3.05) is 0 Å². The Morgan fingerprint density at radius 2 is 2.06 bits per heavy atom. The monoisotopic (exact) mass is 230 g/mol. The Bertz CT molecular complexity index is 505. The molecule has 2 rings (SSSR count). The third-order valence-corrected chi connectivity index (χ3v) is 2.54. The largest absolute Gasteiger partial charge is 0.381 e. The minimum Gasteiger partial charge on any atom is -0.381 e. The van der Waals surface area contributed by atoms with Gasteiger partial charge in [0, 0.05) is 13.2 Å². The van der Waals surface area contributed by atoms with E-state index in [-0.39, 0.29) is 12.2 Å². The number of benzene rings is 1. The fourth-order valence-corrected chi connectivity index (χ4v) is 1.65. The Kier molecular flexibility index (Phi) is 3.35. The van der Waals surface area contributed by atoms with Crippen molar-refractivity contribution in [3.63, 3.8) is 0 Å². The Labute approximate surface area is 99.5 Å². The molecule has 0 bridgehead atoms. The van der Waals surface area contributed by atoms with E-state index in [0.29, 0.717) is 11.3 Å². The van der Waals surface area contributed by atoms with Gasteiger partial charge in [-0.15, -0.1) is 0 Å². The van der Waals surface area contributed by atoms with E-state index in [1.807, 2.05) is 6.07 Å². The lowest BCUT2D eigenvalue weighted by Crippen LogP contribution is -2.14. The molecule has 17 heavy (non-hydrogen) atoms. The average molecular weight is 230 g/mol. The molecule has 1 heterocycles. The maximum absolute atomic E-state index is 11.8. The molecule has 0 radical (unpaired) electrons. The molecule has 4 nitrogen and oxygen atoms in total. The maximum Gasteiger partial charge on any atom is 0.171 e. The SMILES string of the molecule is Cn1ccc(CC(=O)C(O)c2ccccc2)n1. The molecular formula is C13H14N2O2. The van der Waals surface area contributed by atoms with E-state index in [1.165, 1.54) is 0 Å². The number of nitrogens with zero attached hydrogens (tertiary/aromatic N) is 2. The van der Waals surface area contributed by atoms with Crippen molar-refractivity contribution in [2.24, 2.45) is 7.05 Å². The number of aryl methyl sites for hydroxylation is 1. The van der Waals surface area contributed by atoms with Gasteiger partial charge in [0.25, 0.3) is 0 Å². The summed E-state index contributed by atoms with van der Waals surface area (Å²) in [5.74, 6) is -0.241. The summed E-state index contributed by atoms with van der Waals surface area (Å²) in [6.45, 7) is 0. The van der Waals surface area contributed by atoms with Crippen LogP contribution < -0.4 is 0 Å². The molecule has 0 aliphatic heterocycles. The highest BCUT2D eigenvalue weighted by Crippen LogP contribution is 2.15. The first-order valence-corrected chi connectivity index (χ1v) is 5.41. The topological polar surface area (TPSA) is 55.1 Å². The molecule has 88 valence electrons. The fraction of sp³-hybridized carbons (Fsp3) is 0.231. The van der Waals surface area contributed by atoms with Crippen LogP contribution in [0.3, 0.4) is 0 Å². The number of ketones is 1. The van der Waals surface area contributed by atoms with E-state index in [4.69, 9.17) is 0 Å². The summed E-state index contributed by atoms with van der Waals surface area (Å²) < 4.78 is 1.64. The van der Waals surface area contributed by atoms with Crippen molar-refractivity contribution in [3.05, 3.63) is 53.9 Å². The summed E-state index contributed by atoms with van der Waals surface area (Å²) in [6.07, 6.45) is 0.854. The summed E-state index contributed by atoms with van der Waals surface area (Å²) >= 11 is 0. The number of rotatable bonds is 4. The van der Waals surface area contributed by atoms with Gasteiger partial charge in [0.1, 0.15) is 6.10 Å². The van der Waals surface area contributed by atoms with Gasteiger partial charge in [-0.1, -0.05) is 30.3 Å². The van der Waals surface area contributed by atoms with Crippen LogP contribution in [0.1, 0.15) is 17.4 Å². The van der Waals surface area contributed by atoms with Crippen molar-refractivity contribution in [2.45, 2.75) is 12.5 Å². The van der Waals surface area contributed by atoms with Gasteiger partial charge >= 0.3 is 0 Å². The molecule has 1 atom stereocenters. The van der Waals surface area contributed by atoms with E-state index in [9.17, 15) is 9.90 Å². The van der Waals surface area contributed by atoms with Gasteiger partial charge in [-0.2, -0.15) is 5.10 Å². The quantitative estimate of drug-likeness (QED) is 0.860. The number of aromatic nitrogens is 2. The molecule has 0 aliphatic rings. The van der Waals surface area contributed by atoms with Crippen LogP contribution in [0.4, 0.5) is 0 Å². The van der Waals surface area contributed by atoms with Crippen molar-refractivity contribution in [3.8, 4) is 0 Å². The van der Waals surface area contributed by atoms with E-state index in [1.54, 1.807) is 48.3 Å². The lowest BCUT2D eigenvalue weighted by atomic mass is 10.0. The van der Waals surface area contributed by atoms with Crippen LogP contribution in [0.2, 0.25) is 0 Å². The minimum absolute atomic E-state index is 0.150. The Balaban J connectivity index is 2.06. The van der Waals surface area contributed by atoms with Gasteiger partial charge < -0.3 is 5.11 Å².